The maximum absolute atomic E-state index is 12.4. The molecule has 1 heterocycles. The summed E-state index contributed by atoms with van der Waals surface area (Å²) in [5, 5.41) is 0.607. The molecule has 0 atom stereocenters. The maximum Gasteiger partial charge on any atom is 0.425 e. The van der Waals surface area contributed by atoms with E-state index in [2.05, 4.69) is 0 Å². The summed E-state index contributed by atoms with van der Waals surface area (Å²) >= 11 is 0.750. The van der Waals surface area contributed by atoms with E-state index in [1.165, 1.54) is 6.07 Å². The first-order chi connectivity index (χ1) is 7.02. The predicted molar refractivity (Wildman–Crippen MR) is 54.7 cm³/mol. The second kappa shape index (κ2) is 3.50. The Balaban J connectivity index is 2.65. The second-order valence-electron chi connectivity index (χ2n) is 3.15. The van der Waals surface area contributed by atoms with E-state index in [-0.39, 0.29) is 6.54 Å². The first-order valence-electron chi connectivity index (χ1n) is 4.31. The van der Waals surface area contributed by atoms with E-state index in [0.29, 0.717) is 10.1 Å². The van der Waals surface area contributed by atoms with Crippen LogP contribution in [0.5, 0.6) is 0 Å². The van der Waals surface area contributed by atoms with Crippen LogP contribution >= 0.6 is 11.3 Å². The average Bonchev–Trinajstić information content (AvgIpc) is 2.59. The van der Waals surface area contributed by atoms with Gasteiger partial charge in [-0.3, -0.25) is 0 Å². The zero-order valence-electron chi connectivity index (χ0n) is 7.64. The molecule has 0 fully saturated rings. The van der Waals surface area contributed by atoms with Crippen molar-refractivity contribution < 1.29 is 13.2 Å². The highest BCUT2D eigenvalue weighted by Gasteiger charge is 2.32. The minimum atomic E-state index is -4.27. The van der Waals surface area contributed by atoms with Crippen LogP contribution in [0.25, 0.3) is 10.1 Å². The third-order valence-corrected chi connectivity index (χ3v) is 3.40. The summed E-state index contributed by atoms with van der Waals surface area (Å²) in [6.45, 7) is 0.259. The van der Waals surface area contributed by atoms with Crippen LogP contribution in [0.4, 0.5) is 13.2 Å². The Kier molecular flexibility index (Phi) is 2.44. The molecule has 80 valence electrons. The summed E-state index contributed by atoms with van der Waals surface area (Å²) in [4.78, 5) is -0.571. The minimum absolute atomic E-state index is 0.259. The van der Waals surface area contributed by atoms with Gasteiger partial charge in [-0.15, -0.1) is 11.3 Å². The number of fused-ring (bicyclic) bond motifs is 1. The van der Waals surface area contributed by atoms with Crippen molar-refractivity contribution in [3.05, 3.63) is 34.7 Å². The minimum Gasteiger partial charge on any atom is -0.326 e. The number of halogens is 3. The molecule has 5 heteroatoms. The van der Waals surface area contributed by atoms with Crippen LogP contribution in [0.1, 0.15) is 10.4 Å². The molecule has 0 bridgehead atoms. The molecule has 1 aromatic heterocycles. The third-order valence-electron chi connectivity index (χ3n) is 2.12. The molecule has 0 amide bonds. The number of rotatable bonds is 1. The summed E-state index contributed by atoms with van der Waals surface area (Å²) in [6.07, 6.45) is -4.27. The highest BCUT2D eigenvalue weighted by atomic mass is 32.1. The van der Waals surface area contributed by atoms with Crippen LogP contribution in [0.2, 0.25) is 0 Å². The number of thiophene rings is 1. The molecule has 15 heavy (non-hydrogen) atoms. The Labute approximate surface area is 88.3 Å². The fraction of sp³-hybridized carbons (Fsp3) is 0.200. The van der Waals surface area contributed by atoms with Crippen LogP contribution in [0.15, 0.2) is 24.3 Å². The van der Waals surface area contributed by atoms with E-state index in [1.54, 1.807) is 18.2 Å². The Morgan fingerprint density at radius 3 is 2.60 bits per heavy atom. The van der Waals surface area contributed by atoms with Crippen molar-refractivity contribution in [3.8, 4) is 0 Å². The highest BCUT2D eigenvalue weighted by Crippen LogP contribution is 2.39. The second-order valence-corrected chi connectivity index (χ2v) is 4.20. The number of hydrogen-bond acceptors (Lipinski definition) is 2. The van der Waals surface area contributed by atoms with Gasteiger partial charge in [0.05, 0.1) is 0 Å². The smallest absolute Gasteiger partial charge is 0.326 e. The lowest BCUT2D eigenvalue weighted by atomic mass is 10.1. The van der Waals surface area contributed by atoms with Gasteiger partial charge >= 0.3 is 6.18 Å². The summed E-state index contributed by atoms with van der Waals surface area (Å²) in [6, 6.07) is 6.30. The van der Waals surface area contributed by atoms with E-state index >= 15 is 0 Å². The summed E-state index contributed by atoms with van der Waals surface area (Å²) < 4.78 is 38.0. The first kappa shape index (κ1) is 10.4. The van der Waals surface area contributed by atoms with Gasteiger partial charge in [0, 0.05) is 11.2 Å². The van der Waals surface area contributed by atoms with Crippen molar-refractivity contribution in [1.29, 1.82) is 0 Å². The summed E-state index contributed by atoms with van der Waals surface area (Å²) in [7, 11) is 0. The van der Waals surface area contributed by atoms with Crippen molar-refractivity contribution in [3.63, 3.8) is 0 Å². The van der Waals surface area contributed by atoms with Gasteiger partial charge in [-0.1, -0.05) is 18.2 Å². The molecular formula is C10H8F3NS. The molecule has 0 saturated heterocycles. The molecular weight excluding hydrogens is 223 g/mol. The molecule has 0 aliphatic carbocycles. The van der Waals surface area contributed by atoms with Crippen molar-refractivity contribution >= 4 is 21.4 Å². The summed E-state index contributed by atoms with van der Waals surface area (Å²) in [5.74, 6) is 0. The van der Waals surface area contributed by atoms with Gasteiger partial charge in [0.2, 0.25) is 0 Å². The fourth-order valence-electron chi connectivity index (χ4n) is 1.42. The van der Waals surface area contributed by atoms with E-state index in [9.17, 15) is 13.2 Å². The zero-order valence-corrected chi connectivity index (χ0v) is 8.45. The van der Waals surface area contributed by atoms with E-state index < -0.39 is 11.1 Å². The lowest BCUT2D eigenvalue weighted by Crippen LogP contribution is -2.00. The maximum atomic E-state index is 12.4. The first-order valence-corrected chi connectivity index (χ1v) is 5.12. The predicted octanol–water partition coefficient (Wildman–Crippen LogP) is 3.38. The lowest BCUT2D eigenvalue weighted by Gasteiger charge is -2.00. The number of nitrogens with two attached hydrogens (primary N) is 1. The topological polar surface area (TPSA) is 26.0 Å². The van der Waals surface area contributed by atoms with Crippen LogP contribution in [-0.4, -0.2) is 0 Å². The van der Waals surface area contributed by atoms with Crippen LogP contribution < -0.4 is 5.73 Å². The normalized spacial score (nSPS) is 12.3. The van der Waals surface area contributed by atoms with Crippen molar-refractivity contribution in [1.82, 2.24) is 0 Å². The zero-order chi connectivity index (χ0) is 11.1. The number of alkyl halides is 3. The largest absolute Gasteiger partial charge is 0.425 e. The molecule has 0 spiro atoms. The molecule has 0 saturated carbocycles. The van der Waals surface area contributed by atoms with E-state index in [1.807, 2.05) is 0 Å². The molecule has 0 radical (unpaired) electrons. The van der Waals surface area contributed by atoms with Crippen LogP contribution in [0, 0.1) is 0 Å². The summed E-state index contributed by atoms with van der Waals surface area (Å²) in [5.41, 5.74) is 6.22. The monoisotopic (exact) mass is 231 g/mol. The van der Waals surface area contributed by atoms with Gasteiger partial charge in [0.15, 0.2) is 0 Å². The fourth-order valence-corrected chi connectivity index (χ4v) is 2.47. The lowest BCUT2D eigenvalue weighted by molar-refractivity contribution is -0.134. The van der Waals surface area contributed by atoms with Gasteiger partial charge in [0.1, 0.15) is 4.88 Å². The molecule has 1 aromatic carbocycles. The molecule has 2 rings (SSSR count). The van der Waals surface area contributed by atoms with Crippen LogP contribution in [-0.2, 0) is 12.7 Å². The Hall–Kier alpha value is -1.07. The van der Waals surface area contributed by atoms with E-state index in [0.717, 1.165) is 16.9 Å². The van der Waals surface area contributed by atoms with Gasteiger partial charge in [0.25, 0.3) is 0 Å². The highest BCUT2D eigenvalue weighted by molar-refractivity contribution is 7.19. The molecule has 2 N–H and O–H groups in total. The van der Waals surface area contributed by atoms with Gasteiger partial charge in [-0.05, 0) is 17.0 Å². The Morgan fingerprint density at radius 1 is 1.27 bits per heavy atom. The molecule has 2 aromatic rings. The molecule has 0 aliphatic rings. The quantitative estimate of drug-likeness (QED) is 0.800. The number of hydrogen-bond donors (Lipinski definition) is 1. The van der Waals surface area contributed by atoms with E-state index in [4.69, 9.17) is 5.73 Å². The van der Waals surface area contributed by atoms with Crippen molar-refractivity contribution in [2.45, 2.75) is 12.7 Å². The molecule has 0 unspecified atom stereocenters. The van der Waals surface area contributed by atoms with Gasteiger partial charge in [-0.25, -0.2) is 0 Å². The standard InChI is InChI=1S/C10H8F3NS/c11-10(12,13)8-4-6-2-1-3-7(5-14)9(6)15-8/h1-4H,5,14H2. The third kappa shape index (κ3) is 1.85. The average molecular weight is 231 g/mol. The van der Waals surface area contributed by atoms with Gasteiger partial charge < -0.3 is 5.73 Å². The molecule has 0 aliphatic heterocycles. The Bertz CT molecular complexity index is 487. The van der Waals surface area contributed by atoms with Gasteiger partial charge in [-0.2, -0.15) is 13.2 Å². The molecule has 1 nitrogen and oxygen atoms in total. The van der Waals surface area contributed by atoms with Crippen molar-refractivity contribution in [2.24, 2.45) is 5.73 Å². The Morgan fingerprint density at radius 2 is 2.00 bits per heavy atom. The van der Waals surface area contributed by atoms with Crippen molar-refractivity contribution in [2.75, 3.05) is 0 Å². The number of benzene rings is 1. The SMILES string of the molecule is NCc1cccc2cc(C(F)(F)F)sc12. The van der Waals surface area contributed by atoms with Crippen LogP contribution in [0.3, 0.4) is 0 Å².